The number of para-hydroxylation sites is 1. The zero-order valence-corrected chi connectivity index (χ0v) is 20.7. The predicted octanol–water partition coefficient (Wildman–Crippen LogP) is 4.40. The van der Waals surface area contributed by atoms with Gasteiger partial charge in [0.05, 0.1) is 16.4 Å². The Bertz CT molecular complexity index is 1300. The highest BCUT2D eigenvalue weighted by Crippen LogP contribution is 2.45. The molecule has 0 aliphatic carbocycles. The molecule has 1 amide bonds. The van der Waals surface area contributed by atoms with Gasteiger partial charge in [-0.25, -0.2) is 4.98 Å². The van der Waals surface area contributed by atoms with Crippen LogP contribution in [0.5, 0.6) is 0 Å². The van der Waals surface area contributed by atoms with E-state index in [1.54, 1.807) is 22.7 Å². The molecule has 4 aromatic rings. The van der Waals surface area contributed by atoms with Crippen LogP contribution in [-0.4, -0.2) is 39.8 Å². The Hall–Kier alpha value is -2.59. The lowest BCUT2D eigenvalue weighted by atomic mass is 10.0. The van der Waals surface area contributed by atoms with Gasteiger partial charge in [0.2, 0.25) is 5.91 Å². The number of hydrogen-bond acceptors (Lipinski definition) is 7. The second kappa shape index (κ2) is 9.34. The van der Waals surface area contributed by atoms with Crippen molar-refractivity contribution in [3.8, 4) is 21.7 Å². The van der Waals surface area contributed by atoms with Crippen molar-refractivity contribution in [1.82, 2.24) is 25.4 Å². The predicted molar refractivity (Wildman–Crippen MR) is 137 cm³/mol. The number of nitrogens with one attached hydrogen (secondary N) is 3. The van der Waals surface area contributed by atoms with E-state index in [1.165, 1.54) is 10.4 Å². The summed E-state index contributed by atoms with van der Waals surface area (Å²) in [6, 6.07) is 6.65. The SMILES string of the molecule is CC(C)NCCC(=O)Nc1sc2c(c1-c1nc3c(-c4cnn(C)c4)cccc3s1)CCNC2. The van der Waals surface area contributed by atoms with Crippen LogP contribution in [0.1, 0.15) is 30.7 Å². The van der Waals surface area contributed by atoms with Crippen LogP contribution < -0.4 is 16.0 Å². The summed E-state index contributed by atoms with van der Waals surface area (Å²) in [6.45, 7) is 6.62. The molecule has 3 aromatic heterocycles. The molecule has 0 atom stereocenters. The molecule has 0 spiro atoms. The molecule has 9 heteroatoms. The molecule has 1 aromatic carbocycles. The number of hydrogen-bond donors (Lipinski definition) is 3. The van der Waals surface area contributed by atoms with Gasteiger partial charge in [-0.3, -0.25) is 9.48 Å². The van der Waals surface area contributed by atoms with Gasteiger partial charge in [0.1, 0.15) is 10.0 Å². The molecule has 1 aliphatic heterocycles. The molecule has 0 fully saturated rings. The first-order chi connectivity index (χ1) is 16.0. The Balaban J connectivity index is 1.53. The third kappa shape index (κ3) is 4.59. The number of amides is 1. The Morgan fingerprint density at radius 3 is 2.97 bits per heavy atom. The topological polar surface area (TPSA) is 83.9 Å². The van der Waals surface area contributed by atoms with Crippen LogP contribution in [0.15, 0.2) is 30.6 Å². The monoisotopic (exact) mass is 480 g/mol. The maximum Gasteiger partial charge on any atom is 0.226 e. The molecule has 33 heavy (non-hydrogen) atoms. The van der Waals surface area contributed by atoms with Crippen molar-refractivity contribution in [2.24, 2.45) is 7.05 Å². The standard InChI is InChI=1S/C24H28N6OS2/c1-14(2)26-10-8-20(31)28-23-21(17-7-9-25-12-19(17)33-23)24-29-22-16(5-4-6-18(22)32-24)15-11-27-30(3)13-15/h4-6,11,13-14,25-26H,7-10,12H2,1-3H3,(H,28,31). The summed E-state index contributed by atoms with van der Waals surface area (Å²) in [5.74, 6) is 0.0353. The molecule has 5 rings (SSSR count). The summed E-state index contributed by atoms with van der Waals surface area (Å²) in [4.78, 5) is 19.1. The number of fused-ring (bicyclic) bond motifs is 2. The molecule has 3 N–H and O–H groups in total. The number of carbonyl (C=O) groups excluding carboxylic acids is 1. The van der Waals surface area contributed by atoms with Crippen molar-refractivity contribution in [1.29, 1.82) is 0 Å². The van der Waals surface area contributed by atoms with Crippen molar-refractivity contribution >= 4 is 43.8 Å². The number of benzene rings is 1. The van der Waals surface area contributed by atoms with Crippen LogP contribution in [0.25, 0.3) is 31.9 Å². The Kier molecular flexibility index (Phi) is 6.29. The van der Waals surface area contributed by atoms with Crippen LogP contribution in [0.4, 0.5) is 5.00 Å². The van der Waals surface area contributed by atoms with Crippen molar-refractivity contribution in [2.75, 3.05) is 18.4 Å². The van der Waals surface area contributed by atoms with Crippen LogP contribution in [0.3, 0.4) is 0 Å². The first kappa shape index (κ1) is 22.2. The summed E-state index contributed by atoms with van der Waals surface area (Å²) < 4.78 is 2.95. The number of thiophene rings is 1. The van der Waals surface area contributed by atoms with Gasteiger partial charge >= 0.3 is 0 Å². The molecule has 7 nitrogen and oxygen atoms in total. The van der Waals surface area contributed by atoms with Gasteiger partial charge in [-0.1, -0.05) is 26.0 Å². The second-order valence-corrected chi connectivity index (χ2v) is 10.8. The smallest absolute Gasteiger partial charge is 0.226 e. The second-order valence-electron chi connectivity index (χ2n) is 8.62. The summed E-state index contributed by atoms with van der Waals surface area (Å²) in [6.07, 6.45) is 5.28. The van der Waals surface area contributed by atoms with E-state index >= 15 is 0 Å². The third-order valence-corrected chi connectivity index (χ3v) is 7.92. The highest BCUT2D eigenvalue weighted by atomic mass is 32.1. The molecule has 4 heterocycles. The molecule has 0 bridgehead atoms. The molecule has 0 radical (unpaired) electrons. The molecule has 0 unspecified atom stereocenters. The van der Waals surface area contributed by atoms with Gasteiger partial charge in [0.15, 0.2) is 0 Å². The third-order valence-electron chi connectivity index (χ3n) is 5.73. The number of rotatable bonds is 7. The molecule has 172 valence electrons. The van der Waals surface area contributed by atoms with Crippen molar-refractivity contribution in [2.45, 2.75) is 39.3 Å². The number of anilines is 1. The van der Waals surface area contributed by atoms with Crippen LogP contribution in [0.2, 0.25) is 0 Å². The number of nitrogens with zero attached hydrogens (tertiary/aromatic N) is 3. The van der Waals surface area contributed by atoms with Crippen molar-refractivity contribution in [3.05, 3.63) is 41.0 Å². The summed E-state index contributed by atoms with van der Waals surface area (Å²) in [5, 5.41) is 16.2. The van der Waals surface area contributed by atoms with E-state index in [-0.39, 0.29) is 5.91 Å². The molecule has 1 aliphatic rings. The normalized spacial score (nSPS) is 13.6. The fourth-order valence-corrected chi connectivity index (χ4v) is 6.53. The van der Waals surface area contributed by atoms with Gasteiger partial charge in [-0.15, -0.1) is 22.7 Å². The molecular formula is C24H28N6OS2. The van der Waals surface area contributed by atoms with Gasteiger partial charge in [-0.05, 0) is 24.6 Å². The van der Waals surface area contributed by atoms with E-state index in [9.17, 15) is 4.79 Å². The lowest BCUT2D eigenvalue weighted by Gasteiger charge is -2.13. The van der Waals surface area contributed by atoms with Crippen LogP contribution >= 0.6 is 22.7 Å². The van der Waals surface area contributed by atoms with Crippen LogP contribution in [-0.2, 0) is 24.8 Å². The van der Waals surface area contributed by atoms with Gasteiger partial charge in [-0.2, -0.15) is 5.10 Å². The number of thiazole rings is 1. The summed E-state index contributed by atoms with van der Waals surface area (Å²) in [5.41, 5.74) is 5.54. The molecule has 0 saturated heterocycles. The van der Waals surface area contributed by atoms with E-state index in [1.807, 2.05) is 24.1 Å². The largest absolute Gasteiger partial charge is 0.317 e. The maximum atomic E-state index is 12.7. The van der Waals surface area contributed by atoms with Gasteiger partial charge in [0, 0.05) is 60.4 Å². The fraction of sp³-hybridized carbons (Fsp3) is 0.375. The lowest BCUT2D eigenvalue weighted by molar-refractivity contribution is -0.116. The van der Waals surface area contributed by atoms with E-state index in [0.29, 0.717) is 19.0 Å². The van der Waals surface area contributed by atoms with E-state index < -0.39 is 0 Å². The number of aryl methyl sites for hydroxylation is 1. The minimum atomic E-state index is 0.0353. The maximum absolute atomic E-state index is 12.7. The van der Waals surface area contributed by atoms with Gasteiger partial charge < -0.3 is 16.0 Å². The first-order valence-electron chi connectivity index (χ1n) is 11.3. The zero-order chi connectivity index (χ0) is 22.9. The van der Waals surface area contributed by atoms with Crippen molar-refractivity contribution < 1.29 is 4.79 Å². The average Bonchev–Trinajstić information content (AvgIpc) is 3.48. The lowest BCUT2D eigenvalue weighted by Crippen LogP contribution is -2.27. The minimum absolute atomic E-state index is 0.0353. The molecular weight excluding hydrogens is 452 g/mol. The van der Waals surface area contributed by atoms with Gasteiger partial charge in [0.25, 0.3) is 0 Å². The Morgan fingerprint density at radius 2 is 2.18 bits per heavy atom. The van der Waals surface area contributed by atoms with E-state index in [0.717, 1.165) is 56.4 Å². The Labute approximate surface area is 201 Å². The first-order valence-corrected chi connectivity index (χ1v) is 12.9. The van der Waals surface area contributed by atoms with Crippen molar-refractivity contribution in [3.63, 3.8) is 0 Å². The fourth-order valence-electron chi connectivity index (χ4n) is 4.16. The highest BCUT2D eigenvalue weighted by Gasteiger charge is 2.25. The quantitative estimate of drug-likeness (QED) is 0.365. The van der Waals surface area contributed by atoms with Crippen LogP contribution in [0, 0.1) is 0 Å². The number of aromatic nitrogens is 3. The average molecular weight is 481 g/mol. The minimum Gasteiger partial charge on any atom is -0.317 e. The molecule has 0 saturated carbocycles. The Morgan fingerprint density at radius 1 is 1.30 bits per heavy atom. The zero-order valence-electron chi connectivity index (χ0n) is 19.1. The van der Waals surface area contributed by atoms with E-state index in [2.05, 4.69) is 53.1 Å². The van der Waals surface area contributed by atoms with E-state index in [4.69, 9.17) is 4.98 Å². The summed E-state index contributed by atoms with van der Waals surface area (Å²) in [7, 11) is 1.92. The summed E-state index contributed by atoms with van der Waals surface area (Å²) >= 11 is 3.37. The highest BCUT2D eigenvalue weighted by molar-refractivity contribution is 7.23. The number of carbonyl (C=O) groups is 1.